The molecular weight excluding hydrogens is 1010 g/mol. The minimum absolute atomic E-state index is 0.0530. The van der Waals surface area contributed by atoms with Gasteiger partial charge in [0.25, 0.3) is 0 Å². The van der Waals surface area contributed by atoms with Gasteiger partial charge in [0.15, 0.2) is 0 Å². The molecule has 0 radical (unpaired) electrons. The second kappa shape index (κ2) is 19.2. The number of ether oxygens (including phenoxy) is 5. The molecule has 0 amide bonds. The van der Waals surface area contributed by atoms with Gasteiger partial charge in [-0.15, -0.1) is 0 Å². The van der Waals surface area contributed by atoms with Gasteiger partial charge in [0.05, 0.1) is 16.4 Å². The van der Waals surface area contributed by atoms with Crippen LogP contribution >= 0.6 is 10.3 Å². The minimum Gasteiger partial charge on any atom is -0.456 e. The zero-order valence-electron chi connectivity index (χ0n) is 41.3. The van der Waals surface area contributed by atoms with Crippen molar-refractivity contribution in [3.05, 3.63) is 77.9 Å². The lowest BCUT2D eigenvalue weighted by atomic mass is 9.44. The Bertz CT molecular complexity index is 2540. The molecule has 0 aliphatic heterocycles. The van der Waals surface area contributed by atoms with Crippen molar-refractivity contribution in [2.45, 2.75) is 154 Å². The van der Waals surface area contributed by atoms with Crippen LogP contribution in [-0.4, -0.2) is 63.8 Å². The van der Waals surface area contributed by atoms with Gasteiger partial charge in [0.1, 0.15) is 11.5 Å². The highest BCUT2D eigenvalue weighted by atomic mass is 32.3. The first-order chi connectivity index (χ1) is 34.3. The number of rotatable bonds is 20. The van der Waals surface area contributed by atoms with Crippen molar-refractivity contribution in [3.8, 4) is 11.5 Å². The molecule has 8 aliphatic carbocycles. The van der Waals surface area contributed by atoms with E-state index >= 15 is 35.1 Å². The van der Waals surface area contributed by atoms with E-state index in [9.17, 15) is 18.0 Å². The summed E-state index contributed by atoms with van der Waals surface area (Å²) in [4.78, 5) is 23.8. The van der Waals surface area contributed by atoms with Crippen molar-refractivity contribution in [1.82, 2.24) is 0 Å². The fourth-order valence-corrected chi connectivity index (χ4v) is 20.0. The second-order valence-corrected chi connectivity index (χ2v) is 26.0. The van der Waals surface area contributed by atoms with Crippen LogP contribution in [0, 0.1) is 47.3 Å². The summed E-state index contributed by atoms with van der Waals surface area (Å²) in [6.07, 6.45) is 1.40. The van der Waals surface area contributed by atoms with Crippen molar-refractivity contribution < 1.29 is 80.4 Å². The Hall–Kier alpha value is -4.14. The Morgan fingerprint density at radius 3 is 1.42 bits per heavy atom. The summed E-state index contributed by atoms with van der Waals surface area (Å²) in [5.74, 6) is -15.2. The summed E-state index contributed by atoms with van der Waals surface area (Å²) in [5.41, 5.74) is -0.569. The van der Waals surface area contributed by atoms with E-state index in [1.165, 1.54) is 54.6 Å². The molecule has 8 aliphatic rings. The number of para-hydroxylation sites is 2. The highest BCUT2D eigenvalue weighted by molar-refractivity contribution is 8.33. The highest BCUT2D eigenvalue weighted by Gasteiger charge is 2.86. The summed E-state index contributed by atoms with van der Waals surface area (Å²) in [5, 5.41) is -7.13. The monoisotopic (exact) mass is 1070 g/mol. The van der Waals surface area contributed by atoms with E-state index in [2.05, 4.69) is 18.6 Å². The third kappa shape index (κ3) is 8.61. The fraction of sp³-hybridized carbons (Fsp3) is 0.623. The van der Waals surface area contributed by atoms with Gasteiger partial charge in [-0.1, -0.05) is 63.2 Å². The molecule has 20 heteroatoms. The third-order valence-corrected chi connectivity index (χ3v) is 22.7. The lowest BCUT2D eigenvalue weighted by Gasteiger charge is -2.61. The summed E-state index contributed by atoms with van der Waals surface area (Å²) in [6.45, 7) is 4.61. The average molecular weight is 1080 g/mol. The Morgan fingerprint density at radius 1 is 0.603 bits per heavy atom. The predicted molar refractivity (Wildman–Crippen MR) is 251 cm³/mol. The normalized spacial score (nSPS) is 30.9. The molecule has 8 saturated carbocycles. The quantitative estimate of drug-likeness (QED) is 0.0614. The van der Waals surface area contributed by atoms with Gasteiger partial charge in [-0.2, -0.15) is 43.5 Å². The van der Waals surface area contributed by atoms with Crippen LogP contribution in [0.2, 0.25) is 0 Å². The molecule has 0 N–H and O–H groups in total. The van der Waals surface area contributed by atoms with Gasteiger partial charge in [-0.05, 0) is 153 Å². The average Bonchev–Trinajstić information content (AvgIpc) is 3.32. The first-order valence-corrected chi connectivity index (χ1v) is 28.0. The summed E-state index contributed by atoms with van der Waals surface area (Å²) >= 11 is 0. The molecule has 6 atom stereocenters. The van der Waals surface area contributed by atoms with E-state index in [-0.39, 0.29) is 73.5 Å². The van der Waals surface area contributed by atoms with Crippen molar-refractivity contribution in [2.24, 2.45) is 47.3 Å². The van der Waals surface area contributed by atoms with Crippen LogP contribution < -0.4 is 9.47 Å². The maximum Gasteiger partial charge on any atom is 0.439 e. The molecular formula is C53H62F8O10S2. The molecule has 3 aromatic rings. The molecule has 11 rings (SSSR count). The van der Waals surface area contributed by atoms with E-state index in [1.807, 2.05) is 0 Å². The number of hydrogen-bond donors (Lipinski definition) is 0. The van der Waals surface area contributed by atoms with Crippen molar-refractivity contribution in [1.29, 1.82) is 0 Å². The van der Waals surface area contributed by atoms with Crippen LogP contribution in [0.1, 0.15) is 116 Å². The molecule has 3 aromatic carbocycles. The highest BCUT2D eigenvalue weighted by Crippen LogP contribution is 2.78. The zero-order chi connectivity index (χ0) is 52.7. The molecule has 6 unspecified atom stereocenters. The maximum atomic E-state index is 17.0. The summed E-state index contributed by atoms with van der Waals surface area (Å²) in [6, 6.07) is 15.8. The van der Waals surface area contributed by atoms with Crippen molar-refractivity contribution in [2.75, 3.05) is 20.2 Å². The van der Waals surface area contributed by atoms with Gasteiger partial charge in [0.2, 0.25) is 13.6 Å². The Balaban J connectivity index is 1.37. The van der Waals surface area contributed by atoms with Gasteiger partial charge in [-0.3, -0.25) is 9.59 Å². The predicted octanol–water partition coefficient (Wildman–Crippen LogP) is 13.3. The lowest BCUT2D eigenvalue weighted by molar-refractivity contribution is -0.417. The topological polar surface area (TPSA) is 124 Å². The van der Waals surface area contributed by atoms with Gasteiger partial charge in [0, 0.05) is 40.7 Å². The number of hydrogen-bond acceptors (Lipinski definition) is 10. The molecule has 0 saturated heterocycles. The molecule has 8 bridgehead atoms. The minimum atomic E-state index is -7.62. The van der Waals surface area contributed by atoms with E-state index in [1.54, 1.807) is 12.1 Å². The van der Waals surface area contributed by atoms with Crippen LogP contribution in [0.5, 0.6) is 11.5 Å². The molecule has 402 valence electrons. The smallest absolute Gasteiger partial charge is 0.439 e. The largest absolute Gasteiger partial charge is 0.456 e. The molecule has 0 aromatic heterocycles. The Labute approximate surface area is 422 Å². The Kier molecular flexibility index (Phi) is 14.1. The van der Waals surface area contributed by atoms with E-state index in [0.29, 0.717) is 36.8 Å². The van der Waals surface area contributed by atoms with Crippen LogP contribution in [0.4, 0.5) is 35.1 Å². The van der Waals surface area contributed by atoms with Crippen LogP contribution in [0.15, 0.2) is 81.4 Å². The van der Waals surface area contributed by atoms with Crippen LogP contribution in [0.25, 0.3) is 0 Å². The zero-order valence-corrected chi connectivity index (χ0v) is 42.9. The standard InChI is InChI=1S/C53H62F8O10S2/c1-6-18-70-52(58,59)50(54,55)51(56,57)53(60,61)73(64,65)71-72(41-12-8-7-9-13-41,44-16-10-14-42(46(44)68-29-66-33(4)62)48-25-35-19-36(26-48)22-39(21-35)31(48)2)45-17-11-15-43(47(45)69-30-67-34(5)63)49-27-37-20-38(28-49)24-40(23-37)32(49)3/h7-17,31-32,35-40H,6,18-30H2,1-5H3. The first kappa shape index (κ1) is 53.7. The lowest BCUT2D eigenvalue weighted by Crippen LogP contribution is -2.65. The van der Waals surface area contributed by atoms with Crippen molar-refractivity contribution in [3.63, 3.8) is 0 Å². The number of carbonyl (C=O) groups excluding carboxylic acids is 2. The van der Waals surface area contributed by atoms with Gasteiger partial charge >= 0.3 is 45.3 Å². The Morgan fingerprint density at radius 2 is 1.03 bits per heavy atom. The van der Waals surface area contributed by atoms with Gasteiger partial charge < -0.3 is 23.7 Å². The fourth-order valence-electron chi connectivity index (χ4n) is 14.5. The molecule has 8 fully saturated rings. The molecule has 73 heavy (non-hydrogen) atoms. The van der Waals surface area contributed by atoms with Gasteiger partial charge in [-0.25, -0.2) is 3.63 Å². The van der Waals surface area contributed by atoms with E-state index in [4.69, 9.17) is 22.6 Å². The molecule has 0 heterocycles. The van der Waals surface area contributed by atoms with E-state index < -0.39 is 93.0 Å². The number of alkyl halides is 8. The summed E-state index contributed by atoms with van der Waals surface area (Å²) in [7, 11) is -12.4. The summed E-state index contributed by atoms with van der Waals surface area (Å²) < 4.78 is 191. The second-order valence-electron chi connectivity index (χ2n) is 21.6. The molecule has 10 nitrogen and oxygen atoms in total. The van der Waals surface area contributed by atoms with Crippen LogP contribution in [0.3, 0.4) is 0 Å². The maximum absolute atomic E-state index is 17.0. The van der Waals surface area contributed by atoms with Crippen molar-refractivity contribution >= 4 is 32.4 Å². The molecule has 0 spiro atoms. The first-order valence-electron chi connectivity index (χ1n) is 25.1. The third-order valence-electron chi connectivity index (χ3n) is 17.4. The SMILES string of the molecule is CCCOC(F)(F)C(F)(F)C(F)(F)C(F)(F)S(=O)(=O)OS(c1ccccc1)(c1cccc(C23CC4CC(CC(C4)C2C)C3)c1OCOC(C)=O)c1cccc(C23CC4CC(CC(C4)C2C)C3)c1OCOC(C)=O. The number of benzene rings is 3. The number of halogens is 8. The van der Waals surface area contributed by atoms with Crippen LogP contribution in [-0.2, 0) is 48.4 Å². The number of carbonyl (C=O) groups is 2. The van der Waals surface area contributed by atoms with E-state index in [0.717, 1.165) is 59.3 Å². The number of esters is 2.